The SMILES string of the molecule is CCOc1cccc(-c2c(C)nc(CN)n2C)c1. The first-order chi connectivity index (χ1) is 8.67. The fourth-order valence-corrected chi connectivity index (χ4v) is 2.18. The Labute approximate surface area is 107 Å². The number of rotatable bonds is 4. The number of aromatic nitrogens is 2. The van der Waals surface area contributed by atoms with Crippen LogP contribution in [0.1, 0.15) is 18.4 Å². The lowest BCUT2D eigenvalue weighted by atomic mass is 10.1. The van der Waals surface area contributed by atoms with E-state index in [0.29, 0.717) is 13.2 Å². The Hall–Kier alpha value is -1.81. The van der Waals surface area contributed by atoms with Crippen LogP contribution in [0.25, 0.3) is 11.3 Å². The third-order valence-corrected chi connectivity index (χ3v) is 2.96. The molecule has 96 valence electrons. The third kappa shape index (κ3) is 2.24. The van der Waals surface area contributed by atoms with Crippen LogP contribution >= 0.6 is 0 Å². The molecule has 0 saturated carbocycles. The predicted octanol–water partition coefficient (Wildman–Crippen LogP) is 2.25. The molecule has 0 unspecified atom stereocenters. The highest BCUT2D eigenvalue weighted by Gasteiger charge is 2.12. The molecule has 4 heteroatoms. The van der Waals surface area contributed by atoms with E-state index in [1.165, 1.54) is 0 Å². The van der Waals surface area contributed by atoms with Gasteiger partial charge in [-0.25, -0.2) is 4.98 Å². The predicted molar refractivity (Wildman–Crippen MR) is 72.4 cm³/mol. The number of hydrogen-bond donors (Lipinski definition) is 1. The fourth-order valence-electron chi connectivity index (χ4n) is 2.18. The van der Waals surface area contributed by atoms with Gasteiger partial charge in [0, 0.05) is 12.6 Å². The van der Waals surface area contributed by atoms with E-state index in [-0.39, 0.29) is 0 Å². The molecule has 4 nitrogen and oxygen atoms in total. The normalized spacial score (nSPS) is 10.7. The largest absolute Gasteiger partial charge is 0.494 e. The summed E-state index contributed by atoms with van der Waals surface area (Å²) in [5, 5.41) is 0. The monoisotopic (exact) mass is 245 g/mol. The van der Waals surface area contributed by atoms with E-state index in [2.05, 4.69) is 11.1 Å². The Morgan fingerprint density at radius 1 is 1.39 bits per heavy atom. The second-order valence-electron chi connectivity index (χ2n) is 4.19. The van der Waals surface area contributed by atoms with Crippen molar-refractivity contribution in [3.05, 3.63) is 35.8 Å². The van der Waals surface area contributed by atoms with Crippen LogP contribution in [0.4, 0.5) is 0 Å². The molecule has 2 aromatic rings. The summed E-state index contributed by atoms with van der Waals surface area (Å²) < 4.78 is 7.57. The second-order valence-corrected chi connectivity index (χ2v) is 4.19. The minimum Gasteiger partial charge on any atom is -0.494 e. The highest BCUT2D eigenvalue weighted by molar-refractivity contribution is 5.64. The van der Waals surface area contributed by atoms with Crippen LogP contribution in [0.5, 0.6) is 5.75 Å². The van der Waals surface area contributed by atoms with Gasteiger partial charge in [-0.2, -0.15) is 0 Å². The van der Waals surface area contributed by atoms with E-state index in [0.717, 1.165) is 28.5 Å². The standard InChI is InChI=1S/C14H19N3O/c1-4-18-12-7-5-6-11(8-12)14-10(2)16-13(9-15)17(14)3/h5-8H,4,9,15H2,1-3H3. The van der Waals surface area contributed by atoms with Gasteiger partial charge in [0.2, 0.25) is 0 Å². The summed E-state index contributed by atoms with van der Waals surface area (Å²) in [4.78, 5) is 4.48. The lowest BCUT2D eigenvalue weighted by molar-refractivity contribution is 0.340. The van der Waals surface area contributed by atoms with Gasteiger partial charge in [0.05, 0.1) is 24.5 Å². The average Bonchev–Trinajstić information content (AvgIpc) is 2.65. The molecular formula is C14H19N3O. The molecule has 0 saturated heterocycles. The zero-order chi connectivity index (χ0) is 13.1. The first-order valence-corrected chi connectivity index (χ1v) is 6.12. The van der Waals surface area contributed by atoms with Crippen LogP contribution < -0.4 is 10.5 Å². The van der Waals surface area contributed by atoms with Gasteiger partial charge in [-0.3, -0.25) is 0 Å². The molecule has 0 aliphatic rings. The van der Waals surface area contributed by atoms with Crippen LogP contribution in [0, 0.1) is 6.92 Å². The van der Waals surface area contributed by atoms with Crippen LogP contribution in [-0.4, -0.2) is 16.2 Å². The molecule has 18 heavy (non-hydrogen) atoms. The minimum atomic E-state index is 0.447. The Morgan fingerprint density at radius 3 is 2.78 bits per heavy atom. The van der Waals surface area contributed by atoms with E-state index >= 15 is 0 Å². The summed E-state index contributed by atoms with van der Waals surface area (Å²) in [5.41, 5.74) is 8.87. The van der Waals surface area contributed by atoms with Crippen molar-refractivity contribution in [1.82, 2.24) is 9.55 Å². The number of benzene rings is 1. The summed E-state index contributed by atoms with van der Waals surface area (Å²) >= 11 is 0. The van der Waals surface area contributed by atoms with Crippen LogP contribution in [0.3, 0.4) is 0 Å². The zero-order valence-corrected chi connectivity index (χ0v) is 11.1. The number of aryl methyl sites for hydroxylation is 1. The van der Waals surface area contributed by atoms with E-state index < -0.39 is 0 Å². The molecule has 0 aliphatic carbocycles. The van der Waals surface area contributed by atoms with Gasteiger partial charge >= 0.3 is 0 Å². The number of ether oxygens (including phenoxy) is 1. The van der Waals surface area contributed by atoms with Gasteiger partial charge in [-0.05, 0) is 26.0 Å². The van der Waals surface area contributed by atoms with E-state index in [1.807, 2.05) is 43.7 Å². The fraction of sp³-hybridized carbons (Fsp3) is 0.357. The molecule has 0 spiro atoms. The number of nitrogens with two attached hydrogens (primary N) is 1. The Kier molecular flexibility index (Phi) is 3.67. The molecule has 1 heterocycles. The van der Waals surface area contributed by atoms with Crippen molar-refractivity contribution in [3.8, 4) is 17.0 Å². The summed E-state index contributed by atoms with van der Waals surface area (Å²) in [6.45, 7) is 5.10. The average molecular weight is 245 g/mol. The number of imidazole rings is 1. The third-order valence-electron chi connectivity index (χ3n) is 2.96. The van der Waals surface area contributed by atoms with Crippen LogP contribution in [0.2, 0.25) is 0 Å². The number of hydrogen-bond acceptors (Lipinski definition) is 3. The maximum atomic E-state index is 5.68. The van der Waals surface area contributed by atoms with E-state index in [9.17, 15) is 0 Å². The highest BCUT2D eigenvalue weighted by atomic mass is 16.5. The molecule has 1 aromatic carbocycles. The summed E-state index contributed by atoms with van der Waals surface area (Å²) in [6, 6.07) is 8.05. The molecule has 0 amide bonds. The van der Waals surface area contributed by atoms with Crippen LogP contribution in [-0.2, 0) is 13.6 Å². The van der Waals surface area contributed by atoms with Gasteiger partial charge in [0.15, 0.2) is 0 Å². The first-order valence-electron chi connectivity index (χ1n) is 6.12. The molecule has 1 aromatic heterocycles. The van der Waals surface area contributed by atoms with Gasteiger partial charge in [-0.1, -0.05) is 12.1 Å². The van der Waals surface area contributed by atoms with E-state index in [4.69, 9.17) is 10.5 Å². The summed E-state index contributed by atoms with van der Waals surface area (Å²) in [7, 11) is 1.99. The molecule has 2 rings (SSSR count). The van der Waals surface area contributed by atoms with Gasteiger partial charge in [-0.15, -0.1) is 0 Å². The van der Waals surface area contributed by atoms with Crippen molar-refractivity contribution in [2.75, 3.05) is 6.61 Å². The van der Waals surface area contributed by atoms with Gasteiger partial charge in [0.25, 0.3) is 0 Å². The molecule has 0 radical (unpaired) electrons. The van der Waals surface area contributed by atoms with Gasteiger partial charge < -0.3 is 15.0 Å². The highest BCUT2D eigenvalue weighted by Crippen LogP contribution is 2.27. The molecule has 0 aliphatic heterocycles. The zero-order valence-electron chi connectivity index (χ0n) is 11.1. The summed E-state index contributed by atoms with van der Waals surface area (Å²) in [5.74, 6) is 1.77. The quantitative estimate of drug-likeness (QED) is 0.898. The Morgan fingerprint density at radius 2 is 2.17 bits per heavy atom. The van der Waals surface area contributed by atoms with Crippen molar-refractivity contribution >= 4 is 0 Å². The maximum absolute atomic E-state index is 5.68. The van der Waals surface area contributed by atoms with Crippen LogP contribution in [0.15, 0.2) is 24.3 Å². The van der Waals surface area contributed by atoms with Crippen molar-refractivity contribution in [3.63, 3.8) is 0 Å². The molecule has 0 fully saturated rings. The Bertz CT molecular complexity index is 546. The topological polar surface area (TPSA) is 53.1 Å². The lowest BCUT2D eigenvalue weighted by Crippen LogP contribution is -2.05. The molecule has 2 N–H and O–H groups in total. The smallest absolute Gasteiger partial charge is 0.122 e. The molecule has 0 bridgehead atoms. The minimum absolute atomic E-state index is 0.447. The molecular weight excluding hydrogens is 226 g/mol. The summed E-state index contributed by atoms with van der Waals surface area (Å²) in [6.07, 6.45) is 0. The maximum Gasteiger partial charge on any atom is 0.122 e. The number of nitrogens with zero attached hydrogens (tertiary/aromatic N) is 2. The first kappa shape index (κ1) is 12.6. The van der Waals surface area contributed by atoms with Crippen molar-refractivity contribution < 1.29 is 4.74 Å². The Balaban J connectivity index is 2.48. The molecule has 0 atom stereocenters. The van der Waals surface area contributed by atoms with Crippen molar-refractivity contribution in [2.24, 2.45) is 12.8 Å². The second kappa shape index (κ2) is 5.23. The van der Waals surface area contributed by atoms with Crippen molar-refractivity contribution in [2.45, 2.75) is 20.4 Å². The van der Waals surface area contributed by atoms with E-state index in [1.54, 1.807) is 0 Å². The van der Waals surface area contributed by atoms with Gasteiger partial charge in [0.1, 0.15) is 11.6 Å². The van der Waals surface area contributed by atoms with Crippen molar-refractivity contribution in [1.29, 1.82) is 0 Å². The lowest BCUT2D eigenvalue weighted by Gasteiger charge is -2.08.